The van der Waals surface area contributed by atoms with Crippen LogP contribution in [0.5, 0.6) is 11.5 Å². The smallest absolute Gasteiger partial charge is 0.266 e. The number of hydrogen-bond acceptors (Lipinski definition) is 5. The maximum atomic E-state index is 12.3. The van der Waals surface area contributed by atoms with Gasteiger partial charge >= 0.3 is 0 Å². The van der Waals surface area contributed by atoms with Crippen molar-refractivity contribution >= 4 is 46.3 Å². The number of nitrogens with zero attached hydrogens (tertiary/aromatic N) is 1. The number of halogens is 2. The van der Waals surface area contributed by atoms with Crippen LogP contribution in [0.25, 0.3) is 0 Å². The van der Waals surface area contributed by atoms with Crippen LogP contribution in [-0.2, 0) is 6.61 Å². The highest BCUT2D eigenvalue weighted by atomic mass is 35.5. The minimum atomic E-state index is -0.296. The maximum Gasteiger partial charge on any atom is 0.266 e. The van der Waals surface area contributed by atoms with Crippen molar-refractivity contribution in [2.45, 2.75) is 6.61 Å². The minimum Gasteiger partial charge on any atom is -0.493 e. The molecule has 1 aromatic carbocycles. The fourth-order valence-electron chi connectivity index (χ4n) is 2.15. The Hall–Kier alpha value is -2.28. The number of aromatic nitrogens is 1. The van der Waals surface area contributed by atoms with Gasteiger partial charge in [0.2, 0.25) is 0 Å². The molecule has 3 aromatic rings. The molecule has 0 atom stereocenters. The summed E-state index contributed by atoms with van der Waals surface area (Å²) in [6.45, 7) is 0.324. The summed E-state index contributed by atoms with van der Waals surface area (Å²) < 4.78 is 11.0. The topological polar surface area (TPSA) is 60.5 Å². The van der Waals surface area contributed by atoms with Gasteiger partial charge in [0.05, 0.1) is 22.0 Å². The lowest BCUT2D eigenvalue weighted by atomic mass is 10.3. The molecule has 0 aliphatic carbocycles. The number of pyridine rings is 1. The third-order valence-corrected chi connectivity index (χ3v) is 4.85. The summed E-state index contributed by atoms with van der Waals surface area (Å²) >= 11 is 13.1. The Balaban J connectivity index is 1.64. The van der Waals surface area contributed by atoms with E-state index in [9.17, 15) is 4.79 Å². The van der Waals surface area contributed by atoms with Crippen LogP contribution in [0.4, 0.5) is 5.82 Å². The summed E-state index contributed by atoms with van der Waals surface area (Å²) in [5.74, 6) is 1.27. The van der Waals surface area contributed by atoms with Gasteiger partial charge in [-0.1, -0.05) is 35.3 Å². The summed E-state index contributed by atoms with van der Waals surface area (Å²) in [4.78, 5) is 16.9. The molecule has 0 aliphatic rings. The minimum absolute atomic E-state index is 0.265. The summed E-state index contributed by atoms with van der Waals surface area (Å²) in [6, 6.07) is 10.7. The lowest BCUT2D eigenvalue weighted by Gasteiger charge is -2.09. The summed E-state index contributed by atoms with van der Waals surface area (Å²) in [6.07, 6.45) is 1.42. The van der Waals surface area contributed by atoms with Gasteiger partial charge in [0, 0.05) is 11.8 Å². The Morgan fingerprint density at radius 1 is 1.23 bits per heavy atom. The molecule has 0 saturated carbocycles. The summed E-state index contributed by atoms with van der Waals surface area (Å²) in [5.41, 5.74) is 0.876. The second-order valence-electron chi connectivity index (χ2n) is 5.20. The molecule has 2 heterocycles. The number of carbonyl (C=O) groups excluding carboxylic acids is 1. The normalized spacial score (nSPS) is 10.4. The Labute approximate surface area is 164 Å². The van der Waals surface area contributed by atoms with Crippen molar-refractivity contribution < 1.29 is 14.3 Å². The third-order valence-electron chi connectivity index (χ3n) is 3.38. The SMILES string of the molecule is COc1ccccc1OCc1csc(C(=O)Nc2ncc(Cl)cc2Cl)c1. The van der Waals surface area contributed by atoms with E-state index >= 15 is 0 Å². The van der Waals surface area contributed by atoms with E-state index in [1.807, 2.05) is 29.6 Å². The van der Waals surface area contributed by atoms with Crippen LogP contribution in [0.15, 0.2) is 48.0 Å². The number of hydrogen-bond donors (Lipinski definition) is 1. The molecule has 5 nitrogen and oxygen atoms in total. The highest BCUT2D eigenvalue weighted by Crippen LogP contribution is 2.28. The molecule has 3 rings (SSSR count). The molecule has 26 heavy (non-hydrogen) atoms. The summed E-state index contributed by atoms with van der Waals surface area (Å²) in [7, 11) is 1.59. The lowest BCUT2D eigenvalue weighted by molar-refractivity contribution is 0.103. The van der Waals surface area contributed by atoms with Crippen molar-refractivity contribution in [2.75, 3.05) is 12.4 Å². The predicted octanol–water partition coefficient (Wildman–Crippen LogP) is 5.29. The second kappa shape index (κ2) is 8.40. The number of ether oxygens (including phenoxy) is 2. The van der Waals surface area contributed by atoms with Gasteiger partial charge in [0.15, 0.2) is 17.3 Å². The van der Waals surface area contributed by atoms with E-state index in [1.165, 1.54) is 23.6 Å². The van der Waals surface area contributed by atoms with E-state index in [1.54, 1.807) is 13.2 Å². The average molecular weight is 409 g/mol. The lowest BCUT2D eigenvalue weighted by Crippen LogP contribution is -2.11. The van der Waals surface area contributed by atoms with Crippen LogP contribution in [0, 0.1) is 0 Å². The highest BCUT2D eigenvalue weighted by Gasteiger charge is 2.13. The molecule has 1 N–H and O–H groups in total. The first kappa shape index (κ1) is 18.5. The number of nitrogens with one attached hydrogen (secondary N) is 1. The number of anilines is 1. The molecule has 1 amide bonds. The average Bonchev–Trinajstić information content (AvgIpc) is 3.11. The molecular weight excluding hydrogens is 395 g/mol. The zero-order valence-electron chi connectivity index (χ0n) is 13.7. The Morgan fingerprint density at radius 3 is 2.73 bits per heavy atom. The van der Waals surface area contributed by atoms with Crippen molar-refractivity contribution in [3.63, 3.8) is 0 Å². The third kappa shape index (κ3) is 4.46. The van der Waals surface area contributed by atoms with Gasteiger partial charge in [-0.25, -0.2) is 4.98 Å². The number of para-hydroxylation sites is 2. The molecule has 0 unspecified atom stereocenters. The van der Waals surface area contributed by atoms with Crippen LogP contribution in [0.3, 0.4) is 0 Å². The van der Waals surface area contributed by atoms with Crippen LogP contribution in [-0.4, -0.2) is 18.0 Å². The fourth-order valence-corrected chi connectivity index (χ4v) is 3.36. The van der Waals surface area contributed by atoms with Gasteiger partial charge in [-0.3, -0.25) is 4.79 Å². The molecule has 8 heteroatoms. The number of carbonyl (C=O) groups is 1. The van der Waals surface area contributed by atoms with Crippen LogP contribution >= 0.6 is 34.5 Å². The first-order valence-corrected chi connectivity index (χ1v) is 9.16. The molecule has 134 valence electrons. The first-order valence-electron chi connectivity index (χ1n) is 7.52. The second-order valence-corrected chi connectivity index (χ2v) is 6.95. The molecule has 0 fully saturated rings. The van der Waals surface area contributed by atoms with Gasteiger partial charge in [0.25, 0.3) is 5.91 Å². The molecule has 2 aromatic heterocycles. The Kier molecular flexibility index (Phi) is 5.98. The number of benzene rings is 1. The fraction of sp³-hybridized carbons (Fsp3) is 0.111. The Morgan fingerprint density at radius 2 is 2.00 bits per heavy atom. The van der Waals surface area contributed by atoms with E-state index in [0.29, 0.717) is 28.0 Å². The first-order chi connectivity index (χ1) is 12.6. The molecule has 0 radical (unpaired) electrons. The Bertz CT molecular complexity index is 930. The van der Waals surface area contributed by atoms with E-state index < -0.39 is 0 Å². The molecule has 0 saturated heterocycles. The largest absolute Gasteiger partial charge is 0.493 e. The van der Waals surface area contributed by atoms with Crippen LogP contribution in [0.2, 0.25) is 10.0 Å². The van der Waals surface area contributed by atoms with E-state index in [2.05, 4.69) is 10.3 Å². The number of thiophene rings is 1. The van der Waals surface area contributed by atoms with Gasteiger partial charge < -0.3 is 14.8 Å². The van der Waals surface area contributed by atoms with Crippen molar-refractivity contribution in [3.05, 3.63) is 68.5 Å². The van der Waals surface area contributed by atoms with Crippen LogP contribution in [0.1, 0.15) is 15.2 Å². The summed E-state index contributed by atoms with van der Waals surface area (Å²) in [5, 5.41) is 5.21. The van der Waals surface area contributed by atoms with Gasteiger partial charge in [0.1, 0.15) is 6.61 Å². The zero-order valence-corrected chi connectivity index (χ0v) is 16.0. The van der Waals surface area contributed by atoms with E-state index in [-0.39, 0.29) is 16.7 Å². The standard InChI is InChI=1S/C18H14Cl2N2O3S/c1-24-14-4-2-3-5-15(14)25-9-11-6-16(26-10-11)18(23)22-17-13(20)7-12(19)8-21-17/h2-8,10H,9H2,1H3,(H,21,22,23). The number of amides is 1. The van der Waals surface area contributed by atoms with E-state index in [4.69, 9.17) is 32.7 Å². The van der Waals surface area contributed by atoms with Gasteiger partial charge in [-0.05, 0) is 29.6 Å². The molecular formula is C18H14Cl2N2O3S. The van der Waals surface area contributed by atoms with Crippen molar-refractivity contribution in [1.82, 2.24) is 4.98 Å². The monoisotopic (exact) mass is 408 g/mol. The number of methoxy groups -OCH3 is 1. The quantitative estimate of drug-likeness (QED) is 0.601. The van der Waals surface area contributed by atoms with Crippen molar-refractivity contribution in [2.24, 2.45) is 0 Å². The van der Waals surface area contributed by atoms with E-state index in [0.717, 1.165) is 5.56 Å². The van der Waals surface area contributed by atoms with Crippen LogP contribution < -0.4 is 14.8 Å². The zero-order chi connectivity index (χ0) is 18.5. The molecule has 0 spiro atoms. The number of rotatable bonds is 6. The van der Waals surface area contributed by atoms with Crippen molar-refractivity contribution in [3.8, 4) is 11.5 Å². The van der Waals surface area contributed by atoms with Crippen molar-refractivity contribution in [1.29, 1.82) is 0 Å². The maximum absolute atomic E-state index is 12.3. The van der Waals surface area contributed by atoms with Gasteiger partial charge in [-0.15, -0.1) is 11.3 Å². The predicted molar refractivity (Wildman–Crippen MR) is 104 cm³/mol. The van der Waals surface area contributed by atoms with Gasteiger partial charge in [-0.2, -0.15) is 0 Å². The molecule has 0 aliphatic heterocycles. The highest BCUT2D eigenvalue weighted by molar-refractivity contribution is 7.12. The molecule has 0 bridgehead atoms.